The Morgan fingerprint density at radius 3 is 2.55 bits per heavy atom. The van der Waals surface area contributed by atoms with Crippen LogP contribution in [0.1, 0.15) is 23.2 Å². The van der Waals surface area contributed by atoms with Crippen molar-refractivity contribution in [2.24, 2.45) is 5.92 Å². The largest absolute Gasteiger partial charge is 0.480 e. The summed E-state index contributed by atoms with van der Waals surface area (Å²) >= 11 is 5.81. The van der Waals surface area contributed by atoms with Crippen LogP contribution in [0.15, 0.2) is 18.2 Å². The van der Waals surface area contributed by atoms with E-state index in [2.05, 4.69) is 5.32 Å². The standard InChI is InChI=1S/C12H11ClN2O5/c13-9-5-7(15(19)20)3-4-8(9)11(16)14-10(12(17)18)6-1-2-6/h3-6,10H,1-2H2,(H,14,16)(H,17,18). The van der Waals surface area contributed by atoms with E-state index in [1.54, 1.807) is 0 Å². The summed E-state index contributed by atoms with van der Waals surface area (Å²) in [5.41, 5.74) is -0.215. The van der Waals surface area contributed by atoms with E-state index in [0.717, 1.165) is 25.0 Å². The average Bonchev–Trinajstić information content (AvgIpc) is 3.19. The van der Waals surface area contributed by atoms with Crippen LogP contribution in [-0.2, 0) is 4.79 Å². The maximum atomic E-state index is 12.0. The number of nitro groups is 1. The summed E-state index contributed by atoms with van der Waals surface area (Å²) in [5, 5.41) is 21.9. The van der Waals surface area contributed by atoms with Gasteiger partial charge in [0.1, 0.15) is 6.04 Å². The lowest BCUT2D eigenvalue weighted by molar-refractivity contribution is -0.384. The van der Waals surface area contributed by atoms with E-state index in [9.17, 15) is 19.7 Å². The molecule has 0 aliphatic heterocycles. The van der Waals surface area contributed by atoms with E-state index >= 15 is 0 Å². The number of halogens is 1. The van der Waals surface area contributed by atoms with Gasteiger partial charge >= 0.3 is 5.97 Å². The molecule has 1 fully saturated rings. The monoisotopic (exact) mass is 298 g/mol. The van der Waals surface area contributed by atoms with Gasteiger partial charge < -0.3 is 10.4 Å². The molecule has 1 aliphatic rings. The number of carboxylic acid groups (broad SMARTS) is 1. The summed E-state index contributed by atoms with van der Waals surface area (Å²) < 4.78 is 0. The Morgan fingerprint density at radius 2 is 2.10 bits per heavy atom. The number of nitrogens with zero attached hydrogens (tertiary/aromatic N) is 1. The van der Waals surface area contributed by atoms with Gasteiger partial charge in [0, 0.05) is 12.1 Å². The zero-order valence-electron chi connectivity index (χ0n) is 10.2. The number of amides is 1. The Morgan fingerprint density at radius 1 is 1.45 bits per heavy atom. The zero-order valence-corrected chi connectivity index (χ0v) is 11.0. The normalized spacial score (nSPS) is 15.4. The molecule has 1 atom stereocenters. The van der Waals surface area contributed by atoms with Crippen molar-refractivity contribution in [3.05, 3.63) is 38.9 Å². The fourth-order valence-electron chi connectivity index (χ4n) is 1.83. The van der Waals surface area contributed by atoms with E-state index in [1.165, 1.54) is 6.07 Å². The molecule has 0 radical (unpaired) electrons. The molecule has 2 rings (SSSR count). The van der Waals surface area contributed by atoms with Crippen molar-refractivity contribution in [2.45, 2.75) is 18.9 Å². The van der Waals surface area contributed by atoms with Crippen LogP contribution in [0.4, 0.5) is 5.69 Å². The van der Waals surface area contributed by atoms with E-state index in [-0.39, 0.29) is 22.2 Å². The van der Waals surface area contributed by atoms with E-state index in [4.69, 9.17) is 16.7 Å². The molecule has 0 spiro atoms. The summed E-state index contributed by atoms with van der Waals surface area (Å²) in [5.74, 6) is -1.81. The van der Waals surface area contributed by atoms with Gasteiger partial charge in [0.25, 0.3) is 11.6 Å². The van der Waals surface area contributed by atoms with Crippen LogP contribution in [0, 0.1) is 16.0 Å². The van der Waals surface area contributed by atoms with Gasteiger partial charge in [0.15, 0.2) is 0 Å². The molecule has 20 heavy (non-hydrogen) atoms. The topological polar surface area (TPSA) is 110 Å². The average molecular weight is 299 g/mol. The number of aliphatic carboxylic acids is 1. The molecule has 8 heteroatoms. The van der Waals surface area contributed by atoms with Crippen molar-refractivity contribution in [1.29, 1.82) is 0 Å². The molecule has 0 saturated heterocycles. The molecule has 2 N–H and O–H groups in total. The Bertz CT molecular complexity index is 585. The third-order valence-electron chi connectivity index (χ3n) is 3.05. The second-order valence-electron chi connectivity index (χ2n) is 4.55. The highest BCUT2D eigenvalue weighted by atomic mass is 35.5. The van der Waals surface area contributed by atoms with Gasteiger partial charge in [-0.3, -0.25) is 14.9 Å². The molecule has 1 aromatic rings. The van der Waals surface area contributed by atoms with E-state index in [0.29, 0.717) is 0 Å². The van der Waals surface area contributed by atoms with E-state index < -0.39 is 22.8 Å². The molecule has 1 amide bonds. The van der Waals surface area contributed by atoms with Crippen LogP contribution < -0.4 is 5.32 Å². The molecule has 7 nitrogen and oxygen atoms in total. The van der Waals surface area contributed by atoms with Crippen molar-refractivity contribution < 1.29 is 19.6 Å². The summed E-state index contributed by atoms with van der Waals surface area (Å²) in [6, 6.07) is 2.47. The summed E-state index contributed by atoms with van der Waals surface area (Å²) in [6.07, 6.45) is 1.51. The molecule has 0 heterocycles. The molecule has 106 valence electrons. The summed E-state index contributed by atoms with van der Waals surface area (Å²) in [7, 11) is 0. The number of carbonyl (C=O) groups excluding carboxylic acids is 1. The maximum Gasteiger partial charge on any atom is 0.326 e. The Kier molecular flexibility index (Phi) is 3.89. The minimum atomic E-state index is -1.10. The molecule has 1 aromatic carbocycles. The van der Waals surface area contributed by atoms with Crippen molar-refractivity contribution in [1.82, 2.24) is 5.32 Å². The molecule has 0 aromatic heterocycles. The Labute approximate surface area is 118 Å². The lowest BCUT2D eigenvalue weighted by Crippen LogP contribution is -2.42. The number of rotatable bonds is 5. The lowest BCUT2D eigenvalue weighted by atomic mass is 10.1. The fraction of sp³-hybridized carbons (Fsp3) is 0.333. The first-order valence-corrected chi connectivity index (χ1v) is 6.25. The lowest BCUT2D eigenvalue weighted by Gasteiger charge is -2.14. The van der Waals surface area contributed by atoms with Crippen molar-refractivity contribution >= 4 is 29.2 Å². The van der Waals surface area contributed by atoms with Crippen molar-refractivity contribution in [3.63, 3.8) is 0 Å². The SMILES string of the molecule is O=C(NC(C(=O)O)C1CC1)c1ccc([N+](=O)[O-])cc1Cl. The molecule has 1 aliphatic carbocycles. The number of hydrogen-bond donors (Lipinski definition) is 2. The van der Waals surface area contributed by atoms with Gasteiger partial charge in [-0.25, -0.2) is 4.79 Å². The van der Waals surface area contributed by atoms with Gasteiger partial charge in [0.2, 0.25) is 0 Å². The minimum absolute atomic E-state index is 0.0177. The van der Waals surface area contributed by atoms with Gasteiger partial charge in [-0.2, -0.15) is 0 Å². The molecule has 1 saturated carbocycles. The van der Waals surface area contributed by atoms with Crippen LogP contribution >= 0.6 is 11.6 Å². The number of nitrogens with one attached hydrogen (secondary N) is 1. The van der Waals surface area contributed by atoms with Crippen LogP contribution in [0.2, 0.25) is 5.02 Å². The van der Waals surface area contributed by atoms with Gasteiger partial charge in [0.05, 0.1) is 15.5 Å². The smallest absolute Gasteiger partial charge is 0.326 e. The quantitative estimate of drug-likeness (QED) is 0.636. The predicted octanol–water partition coefficient (Wildman–Crippen LogP) is 1.84. The number of non-ortho nitro benzene ring substituents is 1. The first-order valence-electron chi connectivity index (χ1n) is 5.87. The number of carboxylic acids is 1. The highest BCUT2D eigenvalue weighted by Gasteiger charge is 2.37. The highest BCUT2D eigenvalue weighted by molar-refractivity contribution is 6.34. The number of nitro benzene ring substituents is 1. The van der Waals surface area contributed by atoms with Crippen LogP contribution in [-0.4, -0.2) is 27.9 Å². The minimum Gasteiger partial charge on any atom is -0.480 e. The Balaban J connectivity index is 2.16. The molecular formula is C12H11ClN2O5. The van der Waals surface area contributed by atoms with Gasteiger partial charge in [-0.15, -0.1) is 0 Å². The third kappa shape index (κ3) is 3.05. The second-order valence-corrected chi connectivity index (χ2v) is 4.96. The highest BCUT2D eigenvalue weighted by Crippen LogP contribution is 2.33. The van der Waals surface area contributed by atoms with Crippen molar-refractivity contribution in [3.8, 4) is 0 Å². The summed E-state index contributed by atoms with van der Waals surface area (Å²) in [6.45, 7) is 0. The van der Waals surface area contributed by atoms with Crippen molar-refractivity contribution in [2.75, 3.05) is 0 Å². The van der Waals surface area contributed by atoms with Crippen LogP contribution in [0.5, 0.6) is 0 Å². The molecule has 0 bridgehead atoms. The van der Waals surface area contributed by atoms with Crippen LogP contribution in [0.3, 0.4) is 0 Å². The van der Waals surface area contributed by atoms with Gasteiger partial charge in [-0.05, 0) is 24.8 Å². The Hall–Kier alpha value is -2.15. The second kappa shape index (κ2) is 5.46. The number of benzene rings is 1. The zero-order chi connectivity index (χ0) is 14.9. The molecule has 1 unspecified atom stereocenters. The first kappa shape index (κ1) is 14.3. The predicted molar refractivity (Wildman–Crippen MR) is 69.7 cm³/mol. The fourth-order valence-corrected chi connectivity index (χ4v) is 2.09. The van der Waals surface area contributed by atoms with Crippen LogP contribution in [0.25, 0.3) is 0 Å². The first-order chi connectivity index (χ1) is 9.40. The summed E-state index contributed by atoms with van der Waals surface area (Å²) in [4.78, 5) is 32.9. The maximum absolute atomic E-state index is 12.0. The number of carbonyl (C=O) groups is 2. The van der Waals surface area contributed by atoms with Gasteiger partial charge in [-0.1, -0.05) is 11.6 Å². The van der Waals surface area contributed by atoms with E-state index in [1.807, 2.05) is 0 Å². The molecular weight excluding hydrogens is 288 g/mol. The third-order valence-corrected chi connectivity index (χ3v) is 3.37. The number of hydrogen-bond acceptors (Lipinski definition) is 4.